The van der Waals surface area contributed by atoms with Gasteiger partial charge in [0.25, 0.3) is 0 Å². The lowest BCUT2D eigenvalue weighted by molar-refractivity contribution is -0.136. The first kappa shape index (κ1) is 11.5. The van der Waals surface area contributed by atoms with Gasteiger partial charge in [-0.3, -0.25) is 4.79 Å². The molecule has 0 aliphatic carbocycles. The molecule has 1 aromatic rings. The van der Waals surface area contributed by atoms with Gasteiger partial charge in [-0.15, -0.1) is 11.3 Å². The van der Waals surface area contributed by atoms with E-state index in [-0.39, 0.29) is 6.42 Å². The second-order valence-corrected chi connectivity index (χ2v) is 5.11. The quantitative estimate of drug-likeness (QED) is 0.876. The minimum Gasteiger partial charge on any atom is -0.481 e. The number of rotatable bonds is 4. The highest BCUT2D eigenvalue weighted by atomic mass is 32.1. The van der Waals surface area contributed by atoms with Crippen molar-refractivity contribution in [3.8, 4) is 0 Å². The Balaban J connectivity index is 1.93. The van der Waals surface area contributed by atoms with Crippen LogP contribution in [0.4, 0.5) is 0 Å². The molecule has 1 fully saturated rings. The van der Waals surface area contributed by atoms with Gasteiger partial charge < -0.3 is 9.84 Å². The Morgan fingerprint density at radius 3 is 3.25 bits per heavy atom. The zero-order valence-corrected chi connectivity index (χ0v) is 9.83. The van der Waals surface area contributed by atoms with E-state index in [1.54, 1.807) is 11.3 Å². The van der Waals surface area contributed by atoms with E-state index < -0.39 is 5.97 Å². The van der Waals surface area contributed by atoms with E-state index in [0.717, 1.165) is 31.1 Å². The summed E-state index contributed by atoms with van der Waals surface area (Å²) in [4.78, 5) is 15.9. The van der Waals surface area contributed by atoms with Crippen molar-refractivity contribution in [3.63, 3.8) is 0 Å². The summed E-state index contributed by atoms with van der Waals surface area (Å²) >= 11 is 1.63. The number of thiazole rings is 1. The van der Waals surface area contributed by atoms with Crippen LogP contribution in [0.15, 0.2) is 6.20 Å². The Labute approximate surface area is 98.3 Å². The van der Waals surface area contributed by atoms with Gasteiger partial charge in [0.1, 0.15) is 0 Å². The summed E-state index contributed by atoms with van der Waals surface area (Å²) in [6.45, 7) is 1.64. The van der Waals surface area contributed by atoms with Crippen LogP contribution < -0.4 is 0 Å². The summed E-state index contributed by atoms with van der Waals surface area (Å²) in [7, 11) is 0. The first-order valence-corrected chi connectivity index (χ1v) is 6.31. The molecule has 0 saturated carbocycles. The maximum atomic E-state index is 10.4. The van der Waals surface area contributed by atoms with Crippen molar-refractivity contribution in [1.29, 1.82) is 0 Å². The third-order valence-corrected chi connectivity index (χ3v) is 3.91. The normalized spacial score (nSPS) is 20.9. The van der Waals surface area contributed by atoms with Crippen molar-refractivity contribution in [2.24, 2.45) is 0 Å². The fraction of sp³-hybridized carbons (Fsp3) is 0.636. The first-order valence-electron chi connectivity index (χ1n) is 5.50. The third kappa shape index (κ3) is 3.02. The molecule has 1 aliphatic heterocycles. The Morgan fingerprint density at radius 1 is 1.69 bits per heavy atom. The van der Waals surface area contributed by atoms with E-state index in [0.29, 0.717) is 12.3 Å². The second-order valence-electron chi connectivity index (χ2n) is 3.96. The summed E-state index contributed by atoms with van der Waals surface area (Å²) < 4.78 is 5.43. The third-order valence-electron chi connectivity index (χ3n) is 2.69. The van der Waals surface area contributed by atoms with Crippen LogP contribution >= 0.6 is 11.3 Å². The lowest BCUT2D eigenvalue weighted by Crippen LogP contribution is -2.14. The monoisotopic (exact) mass is 241 g/mol. The number of ether oxygens (including phenoxy) is 1. The predicted molar refractivity (Wildman–Crippen MR) is 60.9 cm³/mol. The highest BCUT2D eigenvalue weighted by molar-refractivity contribution is 7.11. The molecule has 0 bridgehead atoms. The summed E-state index contributed by atoms with van der Waals surface area (Å²) in [6.07, 6.45) is 4.83. The van der Waals surface area contributed by atoms with E-state index in [1.165, 1.54) is 4.88 Å². The average molecular weight is 241 g/mol. The molecular weight excluding hydrogens is 226 g/mol. The lowest BCUT2D eigenvalue weighted by Gasteiger charge is -2.20. The molecule has 2 heterocycles. The Hall–Kier alpha value is -0.940. The molecule has 1 aliphatic rings. The Kier molecular flexibility index (Phi) is 3.90. The topological polar surface area (TPSA) is 59.4 Å². The molecule has 0 aromatic carbocycles. The predicted octanol–water partition coefficient (Wildman–Crippen LogP) is 2.05. The van der Waals surface area contributed by atoms with Crippen LogP contribution in [0.3, 0.4) is 0 Å². The van der Waals surface area contributed by atoms with Crippen molar-refractivity contribution >= 4 is 17.3 Å². The molecule has 0 amide bonds. The van der Waals surface area contributed by atoms with Crippen LogP contribution in [0.5, 0.6) is 0 Å². The average Bonchev–Trinajstić information content (AvgIpc) is 2.76. The number of carboxylic acids is 1. The number of aliphatic carboxylic acids is 1. The van der Waals surface area contributed by atoms with E-state index in [9.17, 15) is 4.79 Å². The zero-order valence-electron chi connectivity index (χ0n) is 9.02. The molecule has 5 heteroatoms. The number of carbonyl (C=O) groups is 1. The van der Waals surface area contributed by atoms with E-state index in [4.69, 9.17) is 9.84 Å². The maximum Gasteiger partial charge on any atom is 0.303 e. The van der Waals surface area contributed by atoms with E-state index in [1.807, 2.05) is 6.20 Å². The largest absolute Gasteiger partial charge is 0.481 e. The van der Waals surface area contributed by atoms with Crippen molar-refractivity contribution in [2.75, 3.05) is 13.2 Å². The standard InChI is InChI=1S/C11H15NO3S/c13-11(14)4-3-10-12-6-9(16-10)8-2-1-5-15-7-8/h6,8H,1-5,7H2,(H,13,14). The molecule has 88 valence electrons. The Morgan fingerprint density at radius 2 is 2.56 bits per heavy atom. The van der Waals surface area contributed by atoms with Gasteiger partial charge in [-0.25, -0.2) is 4.98 Å². The molecule has 16 heavy (non-hydrogen) atoms. The molecular formula is C11H15NO3S. The molecule has 0 radical (unpaired) electrons. The lowest BCUT2D eigenvalue weighted by atomic mass is 10.0. The van der Waals surface area contributed by atoms with Gasteiger partial charge in [-0.05, 0) is 12.8 Å². The minimum absolute atomic E-state index is 0.161. The molecule has 1 aromatic heterocycles. The smallest absolute Gasteiger partial charge is 0.303 e. The van der Waals surface area contributed by atoms with Crippen LogP contribution in [0.25, 0.3) is 0 Å². The highest BCUT2D eigenvalue weighted by Crippen LogP contribution is 2.29. The summed E-state index contributed by atoms with van der Waals surface area (Å²) in [5, 5.41) is 9.51. The molecule has 1 N–H and O–H groups in total. The van der Waals surface area contributed by atoms with Gasteiger partial charge in [0.15, 0.2) is 0 Å². The highest BCUT2D eigenvalue weighted by Gasteiger charge is 2.18. The van der Waals surface area contributed by atoms with Crippen LogP contribution in [-0.2, 0) is 16.0 Å². The number of hydrogen-bond donors (Lipinski definition) is 1. The van der Waals surface area contributed by atoms with Gasteiger partial charge in [0.05, 0.1) is 18.0 Å². The number of hydrogen-bond acceptors (Lipinski definition) is 4. The molecule has 1 atom stereocenters. The number of aromatic nitrogens is 1. The maximum absolute atomic E-state index is 10.4. The van der Waals surface area contributed by atoms with Gasteiger partial charge in [-0.2, -0.15) is 0 Å². The van der Waals surface area contributed by atoms with E-state index in [2.05, 4.69) is 4.98 Å². The molecule has 1 saturated heterocycles. The fourth-order valence-corrected chi connectivity index (χ4v) is 2.85. The molecule has 0 spiro atoms. The minimum atomic E-state index is -0.766. The van der Waals surface area contributed by atoms with Gasteiger partial charge >= 0.3 is 5.97 Å². The summed E-state index contributed by atoms with van der Waals surface area (Å²) in [6, 6.07) is 0. The van der Waals surface area contributed by atoms with Crippen molar-refractivity contribution in [2.45, 2.75) is 31.6 Å². The molecule has 1 unspecified atom stereocenters. The van der Waals surface area contributed by atoms with Gasteiger partial charge in [0.2, 0.25) is 0 Å². The van der Waals surface area contributed by atoms with Gasteiger partial charge in [-0.1, -0.05) is 0 Å². The fourth-order valence-electron chi connectivity index (χ4n) is 1.81. The first-order chi connectivity index (χ1) is 7.75. The van der Waals surface area contributed by atoms with Crippen molar-refractivity contribution in [3.05, 3.63) is 16.1 Å². The van der Waals surface area contributed by atoms with Crippen molar-refractivity contribution < 1.29 is 14.6 Å². The Bertz CT molecular complexity index is 358. The number of nitrogens with zero attached hydrogens (tertiary/aromatic N) is 1. The van der Waals surface area contributed by atoms with E-state index >= 15 is 0 Å². The zero-order chi connectivity index (χ0) is 11.4. The summed E-state index contributed by atoms with van der Waals surface area (Å²) in [5.74, 6) is -0.303. The molecule has 2 rings (SSSR count). The van der Waals surface area contributed by atoms with Crippen LogP contribution in [0.1, 0.15) is 35.1 Å². The second kappa shape index (κ2) is 5.41. The molecule has 4 nitrogen and oxygen atoms in total. The van der Waals surface area contributed by atoms with Crippen LogP contribution in [-0.4, -0.2) is 29.3 Å². The van der Waals surface area contributed by atoms with Crippen molar-refractivity contribution in [1.82, 2.24) is 4.98 Å². The SMILES string of the molecule is O=C(O)CCc1ncc(C2CCCOC2)s1. The van der Waals surface area contributed by atoms with Crippen LogP contribution in [0, 0.1) is 0 Å². The number of carboxylic acid groups (broad SMARTS) is 1. The number of aryl methyl sites for hydroxylation is 1. The van der Waals surface area contributed by atoms with Gasteiger partial charge in [0, 0.05) is 30.0 Å². The summed E-state index contributed by atoms with van der Waals surface area (Å²) in [5.41, 5.74) is 0. The van der Waals surface area contributed by atoms with Crippen LogP contribution in [0.2, 0.25) is 0 Å².